The van der Waals surface area contributed by atoms with Gasteiger partial charge in [-0.3, -0.25) is 9.36 Å². The molecule has 4 rings (SSSR count). The Kier molecular flexibility index (Phi) is 5.70. The molecule has 0 spiro atoms. The van der Waals surface area contributed by atoms with Crippen LogP contribution in [0.5, 0.6) is 0 Å². The smallest absolute Gasteiger partial charge is 0.255 e. The average molecular weight is 440 g/mol. The van der Waals surface area contributed by atoms with Crippen LogP contribution in [0, 0.1) is 0 Å². The van der Waals surface area contributed by atoms with E-state index in [1.54, 1.807) is 41.5 Å². The molecular formula is C20H17N5O3S2. The minimum Gasteiger partial charge on any atom is -0.321 e. The number of benzene rings is 1. The number of amides is 1. The summed E-state index contributed by atoms with van der Waals surface area (Å²) in [5, 5.41) is 4.60. The molecule has 0 atom stereocenters. The van der Waals surface area contributed by atoms with Crippen LogP contribution in [-0.2, 0) is 16.6 Å². The van der Waals surface area contributed by atoms with Crippen LogP contribution < -0.4 is 10.0 Å². The van der Waals surface area contributed by atoms with Crippen LogP contribution in [0.15, 0.2) is 83.7 Å². The van der Waals surface area contributed by atoms with Crippen molar-refractivity contribution in [3.8, 4) is 5.82 Å². The van der Waals surface area contributed by atoms with E-state index in [2.05, 4.69) is 20.0 Å². The van der Waals surface area contributed by atoms with Crippen molar-refractivity contribution in [2.75, 3.05) is 5.32 Å². The Morgan fingerprint density at radius 3 is 2.73 bits per heavy atom. The summed E-state index contributed by atoms with van der Waals surface area (Å²) in [6.45, 7) is 0.200. The molecule has 4 aromatic rings. The molecule has 0 saturated heterocycles. The molecule has 2 N–H and O–H groups in total. The lowest BCUT2D eigenvalue weighted by Crippen LogP contribution is -2.23. The summed E-state index contributed by atoms with van der Waals surface area (Å²) in [6, 6.07) is 13.1. The van der Waals surface area contributed by atoms with Crippen molar-refractivity contribution in [1.29, 1.82) is 0 Å². The molecule has 0 saturated carbocycles. The lowest BCUT2D eigenvalue weighted by molar-refractivity contribution is 0.102. The maximum atomic E-state index is 12.6. The molecule has 0 unspecified atom stereocenters. The second-order valence-electron chi connectivity index (χ2n) is 6.26. The van der Waals surface area contributed by atoms with Crippen LogP contribution in [0.4, 0.5) is 5.69 Å². The van der Waals surface area contributed by atoms with Gasteiger partial charge in [0.2, 0.25) is 10.0 Å². The lowest BCUT2D eigenvalue weighted by atomic mass is 10.2. The van der Waals surface area contributed by atoms with Gasteiger partial charge in [-0.2, -0.15) is 0 Å². The van der Waals surface area contributed by atoms with Crippen molar-refractivity contribution in [1.82, 2.24) is 19.3 Å². The second-order valence-corrected chi connectivity index (χ2v) is 9.06. The summed E-state index contributed by atoms with van der Waals surface area (Å²) >= 11 is 1.47. The Labute approximate surface area is 177 Å². The third-order valence-corrected chi connectivity index (χ3v) is 6.47. The lowest BCUT2D eigenvalue weighted by Gasteiger charge is -2.09. The average Bonchev–Trinajstić information content (AvgIpc) is 3.47. The third kappa shape index (κ3) is 4.62. The number of nitrogens with zero attached hydrogens (tertiary/aromatic N) is 3. The fourth-order valence-corrected chi connectivity index (χ4v) is 4.47. The van der Waals surface area contributed by atoms with Crippen LogP contribution in [-0.4, -0.2) is 28.9 Å². The van der Waals surface area contributed by atoms with E-state index in [1.165, 1.54) is 35.7 Å². The van der Waals surface area contributed by atoms with E-state index in [0.29, 0.717) is 11.5 Å². The van der Waals surface area contributed by atoms with Gasteiger partial charge in [0.05, 0.1) is 16.8 Å². The number of nitrogens with one attached hydrogen (secondary N) is 2. The van der Waals surface area contributed by atoms with Gasteiger partial charge in [-0.1, -0.05) is 12.1 Å². The van der Waals surface area contributed by atoms with Crippen molar-refractivity contribution in [2.45, 2.75) is 11.4 Å². The Hall–Kier alpha value is -3.34. The van der Waals surface area contributed by atoms with Crippen molar-refractivity contribution >= 4 is 33.0 Å². The molecule has 0 aliphatic rings. The minimum absolute atomic E-state index is 0.0280. The Morgan fingerprint density at radius 1 is 1.13 bits per heavy atom. The maximum Gasteiger partial charge on any atom is 0.255 e. The van der Waals surface area contributed by atoms with Crippen molar-refractivity contribution < 1.29 is 13.2 Å². The number of pyridine rings is 1. The number of sulfonamides is 1. The zero-order valence-electron chi connectivity index (χ0n) is 15.6. The van der Waals surface area contributed by atoms with E-state index in [1.807, 2.05) is 17.5 Å². The molecule has 1 amide bonds. The zero-order valence-corrected chi connectivity index (χ0v) is 17.2. The van der Waals surface area contributed by atoms with Gasteiger partial charge in [-0.05, 0) is 41.8 Å². The van der Waals surface area contributed by atoms with Crippen molar-refractivity contribution in [3.05, 3.63) is 89.3 Å². The van der Waals surface area contributed by atoms with Crippen LogP contribution in [0.1, 0.15) is 15.2 Å². The second kappa shape index (κ2) is 8.57. The van der Waals surface area contributed by atoms with Gasteiger partial charge >= 0.3 is 0 Å². The first-order valence-electron chi connectivity index (χ1n) is 8.89. The molecule has 0 fully saturated rings. The molecule has 0 radical (unpaired) electrons. The molecule has 3 aromatic heterocycles. The first kappa shape index (κ1) is 20.0. The molecular weight excluding hydrogens is 422 g/mol. The zero-order chi connectivity index (χ0) is 21.0. The summed E-state index contributed by atoms with van der Waals surface area (Å²) in [4.78, 5) is 21.8. The summed E-state index contributed by atoms with van der Waals surface area (Å²) in [5.41, 5.74) is 0.723. The van der Waals surface area contributed by atoms with Gasteiger partial charge < -0.3 is 5.32 Å². The monoisotopic (exact) mass is 439 g/mol. The summed E-state index contributed by atoms with van der Waals surface area (Å²) in [7, 11) is -3.74. The predicted molar refractivity (Wildman–Crippen MR) is 114 cm³/mol. The van der Waals surface area contributed by atoms with Gasteiger partial charge in [-0.15, -0.1) is 11.3 Å². The Balaban J connectivity index is 1.45. The highest BCUT2D eigenvalue weighted by Gasteiger charge is 2.16. The van der Waals surface area contributed by atoms with E-state index < -0.39 is 15.9 Å². The maximum absolute atomic E-state index is 12.6. The number of thiophene rings is 1. The molecule has 8 nitrogen and oxygen atoms in total. The van der Waals surface area contributed by atoms with E-state index in [0.717, 1.165) is 4.88 Å². The number of imidazole rings is 1. The van der Waals surface area contributed by atoms with Gasteiger partial charge in [-0.25, -0.2) is 23.1 Å². The van der Waals surface area contributed by atoms with Gasteiger partial charge in [0, 0.05) is 29.4 Å². The highest BCUT2D eigenvalue weighted by atomic mass is 32.2. The molecule has 30 heavy (non-hydrogen) atoms. The molecule has 10 heteroatoms. The number of aromatic nitrogens is 3. The molecule has 152 valence electrons. The van der Waals surface area contributed by atoms with Crippen LogP contribution in [0.3, 0.4) is 0 Å². The van der Waals surface area contributed by atoms with Crippen molar-refractivity contribution in [3.63, 3.8) is 0 Å². The van der Waals surface area contributed by atoms with E-state index >= 15 is 0 Å². The molecule has 1 aromatic carbocycles. The number of hydrogen-bond acceptors (Lipinski definition) is 6. The number of rotatable bonds is 7. The number of anilines is 1. The van der Waals surface area contributed by atoms with Gasteiger partial charge in [0.1, 0.15) is 12.1 Å². The first-order valence-corrected chi connectivity index (χ1v) is 11.3. The van der Waals surface area contributed by atoms with E-state index in [-0.39, 0.29) is 17.0 Å². The fourth-order valence-electron chi connectivity index (χ4n) is 2.68. The third-order valence-electron chi connectivity index (χ3n) is 4.20. The standard InChI is InChI=1S/C20H17N5O3S2/c26-20(24-16-6-7-19(22-12-16)25-9-8-21-14-25)15-3-1-5-18(11-15)30(27,28)23-13-17-4-2-10-29-17/h1-12,14,23H,13H2,(H,24,26). The number of hydrogen-bond donors (Lipinski definition) is 2. The first-order chi connectivity index (χ1) is 14.5. The van der Waals surface area contributed by atoms with Crippen LogP contribution in [0.2, 0.25) is 0 Å². The predicted octanol–water partition coefficient (Wildman–Crippen LogP) is 3.06. The van der Waals surface area contributed by atoms with Gasteiger partial charge in [0.15, 0.2) is 0 Å². The number of carbonyl (C=O) groups excluding carboxylic acids is 1. The SMILES string of the molecule is O=C(Nc1ccc(-n2ccnc2)nc1)c1cccc(S(=O)(=O)NCc2cccs2)c1. The summed E-state index contributed by atoms with van der Waals surface area (Å²) < 4.78 is 29.4. The summed E-state index contributed by atoms with van der Waals surface area (Å²) in [5.74, 6) is 0.234. The van der Waals surface area contributed by atoms with E-state index in [4.69, 9.17) is 0 Å². The molecule has 0 bridgehead atoms. The van der Waals surface area contributed by atoms with Gasteiger partial charge in [0.25, 0.3) is 5.91 Å². The molecule has 0 aliphatic carbocycles. The molecule has 3 heterocycles. The fraction of sp³-hybridized carbons (Fsp3) is 0.0500. The van der Waals surface area contributed by atoms with Crippen LogP contribution >= 0.6 is 11.3 Å². The van der Waals surface area contributed by atoms with Crippen LogP contribution in [0.25, 0.3) is 5.82 Å². The Bertz CT molecular complexity index is 1240. The topological polar surface area (TPSA) is 106 Å². The normalized spacial score (nSPS) is 11.3. The largest absolute Gasteiger partial charge is 0.321 e. The highest BCUT2D eigenvalue weighted by molar-refractivity contribution is 7.89. The molecule has 0 aliphatic heterocycles. The van der Waals surface area contributed by atoms with Crippen molar-refractivity contribution in [2.24, 2.45) is 0 Å². The number of carbonyl (C=O) groups is 1. The quantitative estimate of drug-likeness (QED) is 0.460. The summed E-state index contributed by atoms with van der Waals surface area (Å²) in [6.07, 6.45) is 6.56. The minimum atomic E-state index is -3.74. The Morgan fingerprint density at radius 2 is 2.03 bits per heavy atom. The highest BCUT2D eigenvalue weighted by Crippen LogP contribution is 2.16. The van der Waals surface area contributed by atoms with E-state index in [9.17, 15) is 13.2 Å².